The van der Waals surface area contributed by atoms with E-state index < -0.39 is 10.0 Å². The number of ether oxygens (including phenoxy) is 1. The summed E-state index contributed by atoms with van der Waals surface area (Å²) >= 11 is 0. The lowest BCUT2D eigenvalue weighted by Gasteiger charge is -2.31. The summed E-state index contributed by atoms with van der Waals surface area (Å²) in [6.45, 7) is 3.49. The summed E-state index contributed by atoms with van der Waals surface area (Å²) in [6, 6.07) is 15.9. The van der Waals surface area contributed by atoms with Crippen LogP contribution in [0.15, 0.2) is 53.4 Å². The van der Waals surface area contributed by atoms with Crippen LogP contribution in [-0.2, 0) is 27.7 Å². The van der Waals surface area contributed by atoms with Crippen LogP contribution in [0.25, 0.3) is 0 Å². The van der Waals surface area contributed by atoms with Gasteiger partial charge in [0, 0.05) is 31.9 Å². The maximum atomic E-state index is 12.9. The van der Waals surface area contributed by atoms with Gasteiger partial charge >= 0.3 is 0 Å². The SMILES string of the molecule is O=S(=O)(c1cccc(CN2CCCc3ccccc32)c1)N1CCOCC1. The third kappa shape index (κ3) is 3.49. The monoisotopic (exact) mass is 372 g/mol. The minimum absolute atomic E-state index is 0.377. The molecule has 4 rings (SSSR count). The molecule has 0 aromatic heterocycles. The maximum Gasteiger partial charge on any atom is 0.243 e. The van der Waals surface area contributed by atoms with E-state index in [4.69, 9.17) is 4.74 Å². The summed E-state index contributed by atoms with van der Waals surface area (Å²) in [4.78, 5) is 2.72. The van der Waals surface area contributed by atoms with E-state index in [1.165, 1.54) is 15.6 Å². The van der Waals surface area contributed by atoms with Crippen molar-refractivity contribution in [2.24, 2.45) is 0 Å². The number of fused-ring (bicyclic) bond motifs is 1. The molecule has 0 aliphatic carbocycles. The number of rotatable bonds is 4. The molecule has 0 N–H and O–H groups in total. The quantitative estimate of drug-likeness (QED) is 0.828. The predicted octanol–water partition coefficient (Wildman–Crippen LogP) is 2.66. The number of morpholine rings is 1. The predicted molar refractivity (Wildman–Crippen MR) is 102 cm³/mol. The number of hydrogen-bond acceptors (Lipinski definition) is 4. The fourth-order valence-corrected chi connectivity index (χ4v) is 5.22. The summed E-state index contributed by atoms with van der Waals surface area (Å²) < 4.78 is 32.6. The third-order valence-electron chi connectivity index (χ3n) is 5.09. The zero-order valence-corrected chi connectivity index (χ0v) is 15.6. The van der Waals surface area contributed by atoms with Gasteiger partial charge in [0.1, 0.15) is 0 Å². The van der Waals surface area contributed by atoms with Gasteiger partial charge in [0.25, 0.3) is 0 Å². The summed E-state index contributed by atoms with van der Waals surface area (Å²) in [5.74, 6) is 0. The number of benzene rings is 2. The lowest BCUT2D eigenvalue weighted by molar-refractivity contribution is 0.0730. The second-order valence-electron chi connectivity index (χ2n) is 6.82. The minimum atomic E-state index is -3.45. The first kappa shape index (κ1) is 17.5. The van der Waals surface area contributed by atoms with Crippen molar-refractivity contribution in [2.45, 2.75) is 24.3 Å². The van der Waals surface area contributed by atoms with Crippen molar-refractivity contribution in [3.8, 4) is 0 Å². The molecule has 2 aromatic rings. The van der Waals surface area contributed by atoms with Crippen molar-refractivity contribution in [1.29, 1.82) is 0 Å². The molecule has 1 fully saturated rings. The van der Waals surface area contributed by atoms with Crippen LogP contribution in [0.2, 0.25) is 0 Å². The van der Waals surface area contributed by atoms with Crippen molar-refractivity contribution in [1.82, 2.24) is 4.31 Å². The summed E-state index contributed by atoms with van der Waals surface area (Å²) in [6.07, 6.45) is 2.24. The van der Waals surface area contributed by atoms with E-state index in [1.807, 2.05) is 18.2 Å². The van der Waals surface area contributed by atoms with Crippen LogP contribution < -0.4 is 4.90 Å². The zero-order valence-electron chi connectivity index (χ0n) is 14.8. The van der Waals surface area contributed by atoms with Gasteiger partial charge in [-0.3, -0.25) is 0 Å². The molecule has 2 aliphatic rings. The van der Waals surface area contributed by atoms with Crippen LogP contribution in [-0.4, -0.2) is 45.6 Å². The zero-order chi connectivity index (χ0) is 18.0. The molecule has 0 spiro atoms. The van der Waals surface area contributed by atoms with Gasteiger partial charge in [0.2, 0.25) is 10.0 Å². The average Bonchev–Trinajstić information content (AvgIpc) is 2.69. The Morgan fingerprint density at radius 3 is 2.62 bits per heavy atom. The van der Waals surface area contributed by atoms with E-state index in [2.05, 4.69) is 29.2 Å². The summed E-state index contributed by atoms with van der Waals surface area (Å²) in [5.41, 5.74) is 3.66. The Kier molecular flexibility index (Phi) is 4.98. The van der Waals surface area contributed by atoms with E-state index in [0.29, 0.717) is 31.2 Å². The molecule has 0 amide bonds. The highest BCUT2D eigenvalue weighted by Crippen LogP contribution is 2.28. The van der Waals surface area contributed by atoms with E-state index >= 15 is 0 Å². The van der Waals surface area contributed by atoms with Crippen molar-refractivity contribution in [2.75, 3.05) is 37.7 Å². The van der Waals surface area contributed by atoms with Gasteiger partial charge in [-0.2, -0.15) is 4.31 Å². The van der Waals surface area contributed by atoms with E-state index in [-0.39, 0.29) is 0 Å². The lowest BCUT2D eigenvalue weighted by Crippen LogP contribution is -2.40. The number of sulfonamides is 1. The van der Waals surface area contributed by atoms with Crippen LogP contribution in [0.5, 0.6) is 0 Å². The molecule has 2 aromatic carbocycles. The standard InChI is InChI=1S/C20H24N2O3S/c23-26(24,22-11-13-25-14-12-22)19-8-3-5-17(15-19)16-21-10-4-7-18-6-1-2-9-20(18)21/h1-3,5-6,8-9,15H,4,7,10-14,16H2. The van der Waals surface area contributed by atoms with Crippen LogP contribution in [0.4, 0.5) is 5.69 Å². The number of hydrogen-bond donors (Lipinski definition) is 0. The highest BCUT2D eigenvalue weighted by molar-refractivity contribution is 7.89. The second-order valence-corrected chi connectivity index (χ2v) is 8.76. The molecule has 138 valence electrons. The first-order valence-electron chi connectivity index (χ1n) is 9.14. The first-order chi connectivity index (χ1) is 12.6. The fraction of sp³-hybridized carbons (Fsp3) is 0.400. The molecule has 26 heavy (non-hydrogen) atoms. The molecular formula is C20H24N2O3S. The fourth-order valence-electron chi connectivity index (χ4n) is 3.74. The first-order valence-corrected chi connectivity index (χ1v) is 10.6. The van der Waals surface area contributed by atoms with Crippen LogP contribution in [0.3, 0.4) is 0 Å². The van der Waals surface area contributed by atoms with Gasteiger partial charge in [0.05, 0.1) is 18.1 Å². The molecule has 0 unspecified atom stereocenters. The number of aryl methyl sites for hydroxylation is 1. The molecule has 1 saturated heterocycles. The van der Waals surface area contributed by atoms with Gasteiger partial charge in [-0.15, -0.1) is 0 Å². The van der Waals surface area contributed by atoms with Gasteiger partial charge in [-0.25, -0.2) is 8.42 Å². The average molecular weight is 372 g/mol. The Labute approximate surface area is 155 Å². The number of para-hydroxylation sites is 1. The topological polar surface area (TPSA) is 49.9 Å². The number of anilines is 1. The summed E-state index contributed by atoms with van der Waals surface area (Å²) in [5, 5.41) is 0. The molecule has 0 saturated carbocycles. The van der Waals surface area contributed by atoms with E-state index in [0.717, 1.165) is 31.5 Å². The van der Waals surface area contributed by atoms with Gasteiger partial charge in [-0.1, -0.05) is 30.3 Å². The van der Waals surface area contributed by atoms with E-state index in [9.17, 15) is 8.42 Å². The van der Waals surface area contributed by atoms with Crippen molar-refractivity contribution >= 4 is 15.7 Å². The Morgan fingerprint density at radius 2 is 1.77 bits per heavy atom. The molecule has 5 nitrogen and oxygen atoms in total. The summed E-state index contributed by atoms with van der Waals surface area (Å²) in [7, 11) is -3.45. The van der Waals surface area contributed by atoms with Gasteiger partial charge in [-0.05, 0) is 42.2 Å². The third-order valence-corrected chi connectivity index (χ3v) is 6.98. The number of nitrogens with zero attached hydrogens (tertiary/aromatic N) is 2. The lowest BCUT2D eigenvalue weighted by atomic mass is 10.0. The molecule has 0 radical (unpaired) electrons. The Bertz CT molecular complexity index is 876. The van der Waals surface area contributed by atoms with Crippen LogP contribution >= 0.6 is 0 Å². The molecular weight excluding hydrogens is 348 g/mol. The van der Waals surface area contributed by atoms with Gasteiger partial charge in [0.15, 0.2) is 0 Å². The Hall–Kier alpha value is -1.89. The highest BCUT2D eigenvalue weighted by atomic mass is 32.2. The molecule has 2 aliphatic heterocycles. The smallest absolute Gasteiger partial charge is 0.243 e. The normalized spacial score (nSPS) is 18.5. The Morgan fingerprint density at radius 1 is 0.962 bits per heavy atom. The Balaban J connectivity index is 1.57. The largest absolute Gasteiger partial charge is 0.379 e. The van der Waals surface area contributed by atoms with Gasteiger partial charge < -0.3 is 9.64 Å². The molecule has 2 heterocycles. The molecule has 0 bridgehead atoms. The highest BCUT2D eigenvalue weighted by Gasteiger charge is 2.26. The second kappa shape index (κ2) is 7.39. The van der Waals surface area contributed by atoms with Crippen molar-refractivity contribution < 1.29 is 13.2 Å². The van der Waals surface area contributed by atoms with E-state index in [1.54, 1.807) is 6.07 Å². The maximum absolute atomic E-state index is 12.9. The van der Waals surface area contributed by atoms with Crippen LogP contribution in [0, 0.1) is 0 Å². The van der Waals surface area contributed by atoms with Crippen molar-refractivity contribution in [3.63, 3.8) is 0 Å². The van der Waals surface area contributed by atoms with Crippen LogP contribution in [0.1, 0.15) is 17.5 Å². The molecule has 0 atom stereocenters. The van der Waals surface area contributed by atoms with Crippen molar-refractivity contribution in [3.05, 3.63) is 59.7 Å². The molecule has 6 heteroatoms. The minimum Gasteiger partial charge on any atom is -0.379 e.